The van der Waals surface area contributed by atoms with Gasteiger partial charge in [0.2, 0.25) is 11.9 Å². The molecule has 0 aromatic carbocycles. The number of amides is 1. The number of aromatic nitrogens is 2. The number of allylic oxidation sites excluding steroid dienone is 1. The first-order valence-electron chi connectivity index (χ1n) is 9.45. The van der Waals surface area contributed by atoms with Gasteiger partial charge in [-0.05, 0) is 50.9 Å². The largest absolute Gasteiger partial charge is 0.341 e. The molecule has 4 rings (SSSR count). The zero-order valence-corrected chi connectivity index (χ0v) is 15.2. The second-order valence-electron chi connectivity index (χ2n) is 7.33. The lowest BCUT2D eigenvalue weighted by Crippen LogP contribution is -2.44. The number of likely N-dealkylation sites (N-methyl/N-ethyl adjacent to an activating group) is 1. The first-order chi connectivity index (χ1) is 12.6. The number of Topliss-reactive ketones (excluding diaryl/α,β-unsaturated/α-hetero) is 1. The van der Waals surface area contributed by atoms with Crippen LogP contribution in [0.15, 0.2) is 18.0 Å². The minimum atomic E-state index is -0.167. The molecule has 0 saturated carbocycles. The summed E-state index contributed by atoms with van der Waals surface area (Å²) in [5, 5.41) is 0. The molecule has 7 heteroatoms. The van der Waals surface area contributed by atoms with Crippen molar-refractivity contribution in [2.24, 2.45) is 0 Å². The highest BCUT2D eigenvalue weighted by Crippen LogP contribution is 2.24. The average molecular weight is 355 g/mol. The molecule has 0 N–H and O–H groups in total. The van der Waals surface area contributed by atoms with Crippen LogP contribution in [0, 0.1) is 0 Å². The molecule has 138 valence electrons. The third-order valence-electron chi connectivity index (χ3n) is 5.69. The summed E-state index contributed by atoms with van der Waals surface area (Å²) in [5.74, 6) is 0.391. The molecule has 0 aliphatic carbocycles. The minimum absolute atomic E-state index is 0.0513. The van der Waals surface area contributed by atoms with Gasteiger partial charge in [-0.1, -0.05) is 0 Å². The lowest BCUT2D eigenvalue weighted by molar-refractivity contribution is -0.126. The summed E-state index contributed by atoms with van der Waals surface area (Å²) in [6.07, 6.45) is 8.31. The van der Waals surface area contributed by atoms with Gasteiger partial charge >= 0.3 is 0 Å². The second kappa shape index (κ2) is 7.15. The maximum absolute atomic E-state index is 12.0. The zero-order chi connectivity index (χ0) is 18.1. The summed E-state index contributed by atoms with van der Waals surface area (Å²) in [5.41, 5.74) is 1.08. The van der Waals surface area contributed by atoms with Crippen LogP contribution in [0.25, 0.3) is 6.08 Å². The Balaban J connectivity index is 1.45. The molecule has 1 aromatic rings. The van der Waals surface area contributed by atoms with E-state index in [1.54, 1.807) is 25.4 Å². The quantitative estimate of drug-likeness (QED) is 0.602. The van der Waals surface area contributed by atoms with Gasteiger partial charge in [-0.2, -0.15) is 0 Å². The van der Waals surface area contributed by atoms with Gasteiger partial charge in [-0.3, -0.25) is 9.59 Å². The summed E-state index contributed by atoms with van der Waals surface area (Å²) in [6.45, 7) is 4.39. The Kier molecular flexibility index (Phi) is 4.72. The van der Waals surface area contributed by atoms with Gasteiger partial charge in [0.1, 0.15) is 0 Å². The lowest BCUT2D eigenvalue weighted by atomic mass is 10.0. The third kappa shape index (κ3) is 3.35. The summed E-state index contributed by atoms with van der Waals surface area (Å²) in [6, 6.07) is 2.46. The molecule has 0 spiro atoms. The SMILES string of the molecule is CN1C(=O)CC(=O)/C1=C/c1ccnc(N2CCC(N3CCCC3)CC2)n1. The van der Waals surface area contributed by atoms with Crippen molar-refractivity contribution in [1.29, 1.82) is 0 Å². The van der Waals surface area contributed by atoms with E-state index in [0.717, 1.165) is 25.9 Å². The van der Waals surface area contributed by atoms with Crippen molar-refractivity contribution in [3.8, 4) is 0 Å². The van der Waals surface area contributed by atoms with Crippen LogP contribution in [0.3, 0.4) is 0 Å². The van der Waals surface area contributed by atoms with Gasteiger partial charge in [-0.15, -0.1) is 0 Å². The van der Waals surface area contributed by atoms with Crippen LogP contribution in [-0.4, -0.2) is 70.7 Å². The molecular formula is C19H25N5O2. The van der Waals surface area contributed by atoms with E-state index in [-0.39, 0.29) is 18.1 Å². The number of hydrogen-bond donors (Lipinski definition) is 0. The Labute approximate surface area is 153 Å². The van der Waals surface area contributed by atoms with E-state index in [2.05, 4.69) is 19.8 Å². The molecule has 0 radical (unpaired) electrons. The zero-order valence-electron chi connectivity index (χ0n) is 15.2. The summed E-state index contributed by atoms with van der Waals surface area (Å²) >= 11 is 0. The smallest absolute Gasteiger partial charge is 0.234 e. The van der Waals surface area contributed by atoms with E-state index >= 15 is 0 Å². The molecule has 3 saturated heterocycles. The van der Waals surface area contributed by atoms with E-state index in [1.807, 2.05) is 0 Å². The van der Waals surface area contributed by atoms with Gasteiger partial charge in [0, 0.05) is 32.4 Å². The van der Waals surface area contributed by atoms with Gasteiger partial charge in [0.25, 0.3) is 0 Å². The highest BCUT2D eigenvalue weighted by Gasteiger charge is 2.31. The fourth-order valence-corrected chi connectivity index (χ4v) is 4.12. The topological polar surface area (TPSA) is 69.6 Å². The van der Waals surface area contributed by atoms with E-state index in [1.165, 1.54) is 30.8 Å². The van der Waals surface area contributed by atoms with Crippen molar-refractivity contribution >= 4 is 23.7 Å². The standard InChI is InChI=1S/C19H25N5O2/c1-22-16(17(25)13-18(22)26)12-14-4-7-20-19(21-14)24-10-5-15(6-11-24)23-8-2-3-9-23/h4,7,12,15H,2-3,5-6,8-11,13H2,1H3/b16-12-. The van der Waals surface area contributed by atoms with Gasteiger partial charge in [0.05, 0.1) is 17.8 Å². The molecule has 4 heterocycles. The fourth-order valence-electron chi connectivity index (χ4n) is 4.12. The molecule has 3 aliphatic rings. The second-order valence-corrected chi connectivity index (χ2v) is 7.33. The van der Waals surface area contributed by atoms with Crippen LogP contribution < -0.4 is 4.90 Å². The number of likely N-dealkylation sites (tertiary alicyclic amines) is 2. The number of rotatable bonds is 3. The fraction of sp³-hybridized carbons (Fsp3) is 0.579. The van der Waals surface area contributed by atoms with Crippen LogP contribution in [0.2, 0.25) is 0 Å². The molecule has 3 fully saturated rings. The number of hydrogen-bond acceptors (Lipinski definition) is 6. The van der Waals surface area contributed by atoms with Crippen LogP contribution in [0.1, 0.15) is 37.8 Å². The maximum atomic E-state index is 12.0. The number of carbonyl (C=O) groups is 2. The molecule has 1 amide bonds. The Bertz CT molecular complexity index is 733. The molecule has 7 nitrogen and oxygen atoms in total. The van der Waals surface area contributed by atoms with E-state index in [9.17, 15) is 9.59 Å². The molecule has 1 aromatic heterocycles. The van der Waals surface area contributed by atoms with Crippen molar-refractivity contribution in [3.05, 3.63) is 23.7 Å². The van der Waals surface area contributed by atoms with Crippen molar-refractivity contribution in [2.45, 2.75) is 38.1 Å². The molecule has 0 bridgehead atoms. The van der Waals surface area contributed by atoms with Crippen molar-refractivity contribution in [2.75, 3.05) is 38.1 Å². The predicted octanol–water partition coefficient (Wildman–Crippen LogP) is 1.31. The summed E-state index contributed by atoms with van der Waals surface area (Å²) in [4.78, 5) is 38.9. The molecule has 0 unspecified atom stereocenters. The molecule has 26 heavy (non-hydrogen) atoms. The Morgan fingerprint density at radius 2 is 1.85 bits per heavy atom. The minimum Gasteiger partial charge on any atom is -0.341 e. The van der Waals surface area contributed by atoms with Gasteiger partial charge < -0.3 is 14.7 Å². The number of carbonyl (C=O) groups excluding carboxylic acids is 2. The number of anilines is 1. The van der Waals surface area contributed by atoms with Crippen LogP contribution in [-0.2, 0) is 9.59 Å². The first-order valence-corrected chi connectivity index (χ1v) is 9.45. The highest BCUT2D eigenvalue weighted by atomic mass is 16.2. The summed E-state index contributed by atoms with van der Waals surface area (Å²) < 4.78 is 0. The first kappa shape index (κ1) is 17.1. The monoisotopic (exact) mass is 355 g/mol. The maximum Gasteiger partial charge on any atom is 0.234 e. The summed E-state index contributed by atoms with van der Waals surface area (Å²) in [7, 11) is 1.63. The van der Waals surface area contributed by atoms with Crippen LogP contribution in [0.4, 0.5) is 5.95 Å². The normalized spacial score (nSPS) is 24.3. The van der Waals surface area contributed by atoms with E-state index in [4.69, 9.17) is 0 Å². The Morgan fingerprint density at radius 3 is 2.50 bits per heavy atom. The number of nitrogens with zero attached hydrogens (tertiary/aromatic N) is 5. The lowest BCUT2D eigenvalue weighted by Gasteiger charge is -2.36. The average Bonchev–Trinajstić information content (AvgIpc) is 3.27. The van der Waals surface area contributed by atoms with Crippen molar-refractivity contribution < 1.29 is 9.59 Å². The number of ketones is 1. The Morgan fingerprint density at radius 1 is 1.12 bits per heavy atom. The highest BCUT2D eigenvalue weighted by molar-refractivity contribution is 6.16. The van der Waals surface area contributed by atoms with Crippen molar-refractivity contribution in [3.63, 3.8) is 0 Å². The van der Waals surface area contributed by atoms with Crippen LogP contribution >= 0.6 is 0 Å². The number of piperidine rings is 1. The van der Waals surface area contributed by atoms with Crippen LogP contribution in [0.5, 0.6) is 0 Å². The van der Waals surface area contributed by atoms with Crippen molar-refractivity contribution in [1.82, 2.24) is 19.8 Å². The van der Waals surface area contributed by atoms with E-state index in [0.29, 0.717) is 23.4 Å². The van der Waals surface area contributed by atoms with Gasteiger partial charge in [0.15, 0.2) is 5.78 Å². The molecule has 0 atom stereocenters. The van der Waals surface area contributed by atoms with Gasteiger partial charge in [-0.25, -0.2) is 9.97 Å². The Hall–Kier alpha value is -2.28. The molecular weight excluding hydrogens is 330 g/mol. The molecule has 3 aliphatic heterocycles. The van der Waals surface area contributed by atoms with E-state index < -0.39 is 0 Å². The predicted molar refractivity (Wildman–Crippen MR) is 98.4 cm³/mol. The third-order valence-corrected chi connectivity index (χ3v) is 5.69.